The largest absolute Gasteiger partial charge is 0.497 e. The van der Waals surface area contributed by atoms with Gasteiger partial charge in [-0.05, 0) is 47.0 Å². The van der Waals surface area contributed by atoms with Gasteiger partial charge in [0.05, 0.1) is 18.6 Å². The first-order valence-electron chi connectivity index (χ1n) is 10.2. The third-order valence-electron chi connectivity index (χ3n) is 5.47. The molecule has 0 radical (unpaired) electrons. The molecular formula is C25H21N3O5. The Kier molecular flexibility index (Phi) is 5.91. The fourth-order valence-electron chi connectivity index (χ4n) is 3.77. The minimum Gasteiger partial charge on any atom is -0.497 e. The summed E-state index contributed by atoms with van der Waals surface area (Å²) in [5.74, 6) is -0.178. The summed E-state index contributed by atoms with van der Waals surface area (Å²) in [4.78, 5) is 38.7. The zero-order chi connectivity index (χ0) is 23.5. The molecule has 1 heterocycles. The van der Waals surface area contributed by atoms with Crippen LogP contribution in [0.3, 0.4) is 0 Å². The Morgan fingerprint density at radius 3 is 2.33 bits per heavy atom. The van der Waals surface area contributed by atoms with Crippen molar-refractivity contribution in [3.05, 3.63) is 99.1 Å². The number of nitro benzene ring substituents is 1. The number of amides is 2. The highest BCUT2D eigenvalue weighted by molar-refractivity contribution is 6.33. The molecule has 8 nitrogen and oxygen atoms in total. The van der Waals surface area contributed by atoms with E-state index in [1.807, 2.05) is 0 Å². The summed E-state index contributed by atoms with van der Waals surface area (Å²) in [7, 11) is 3.16. The van der Waals surface area contributed by atoms with E-state index >= 15 is 0 Å². The number of carbonyl (C=O) groups is 2. The zero-order valence-corrected chi connectivity index (χ0v) is 18.1. The van der Waals surface area contributed by atoms with Gasteiger partial charge in [0, 0.05) is 24.3 Å². The predicted octanol–water partition coefficient (Wildman–Crippen LogP) is 4.37. The molecule has 2 amide bonds. The maximum absolute atomic E-state index is 13.4. The highest BCUT2D eigenvalue weighted by Gasteiger charge is 2.34. The third kappa shape index (κ3) is 4.18. The highest BCUT2D eigenvalue weighted by Crippen LogP contribution is 2.33. The number of ether oxygens (including phenoxy) is 1. The van der Waals surface area contributed by atoms with Gasteiger partial charge in [0.1, 0.15) is 11.4 Å². The summed E-state index contributed by atoms with van der Waals surface area (Å²) < 4.78 is 5.17. The van der Waals surface area contributed by atoms with Gasteiger partial charge in [0.2, 0.25) is 0 Å². The van der Waals surface area contributed by atoms with Gasteiger partial charge < -0.3 is 10.1 Å². The maximum atomic E-state index is 13.4. The van der Waals surface area contributed by atoms with E-state index in [0.717, 1.165) is 5.56 Å². The zero-order valence-electron chi connectivity index (χ0n) is 18.1. The molecule has 8 heteroatoms. The molecule has 1 aliphatic heterocycles. The molecule has 1 N–H and O–H groups in total. The molecule has 0 spiro atoms. The second-order valence-corrected chi connectivity index (χ2v) is 7.43. The number of nitrogens with zero attached hydrogens (tertiary/aromatic N) is 2. The van der Waals surface area contributed by atoms with Crippen LogP contribution in [0.25, 0.3) is 11.6 Å². The van der Waals surface area contributed by atoms with Crippen LogP contribution in [0.5, 0.6) is 5.75 Å². The first-order chi connectivity index (χ1) is 15.9. The number of carbonyl (C=O) groups excluding carboxylic acids is 2. The molecule has 4 rings (SSSR count). The summed E-state index contributed by atoms with van der Waals surface area (Å²) in [5.41, 5.74) is 2.72. The van der Waals surface area contributed by atoms with Gasteiger partial charge in [0.25, 0.3) is 17.5 Å². The van der Waals surface area contributed by atoms with E-state index in [0.29, 0.717) is 33.7 Å². The second-order valence-electron chi connectivity index (χ2n) is 7.43. The molecule has 3 aromatic carbocycles. The lowest BCUT2D eigenvalue weighted by Gasteiger charge is -2.28. The van der Waals surface area contributed by atoms with Crippen molar-refractivity contribution in [1.82, 2.24) is 4.90 Å². The molecule has 0 saturated heterocycles. The van der Waals surface area contributed by atoms with Crippen molar-refractivity contribution in [3.8, 4) is 5.75 Å². The van der Waals surface area contributed by atoms with E-state index in [2.05, 4.69) is 5.32 Å². The van der Waals surface area contributed by atoms with Gasteiger partial charge in [-0.2, -0.15) is 0 Å². The van der Waals surface area contributed by atoms with E-state index < -0.39 is 10.8 Å². The Morgan fingerprint density at radius 1 is 1.00 bits per heavy atom. The SMILES string of the molecule is CNc1ccc(/C=C2/C(=O)N(Cc3ccc(OC)cc3)C(=O)c3ccccc32)cc1[N+](=O)[O-]. The second kappa shape index (κ2) is 8.96. The Hall–Kier alpha value is -4.46. The van der Waals surface area contributed by atoms with E-state index in [1.165, 1.54) is 11.0 Å². The summed E-state index contributed by atoms with van der Waals surface area (Å²) in [5, 5.41) is 14.2. The number of hydrogen-bond acceptors (Lipinski definition) is 6. The molecule has 1 aliphatic rings. The smallest absolute Gasteiger partial charge is 0.292 e. The number of rotatable bonds is 6. The molecule has 3 aromatic rings. The van der Waals surface area contributed by atoms with Gasteiger partial charge >= 0.3 is 0 Å². The van der Waals surface area contributed by atoms with Crippen LogP contribution in [0.15, 0.2) is 66.7 Å². The van der Waals surface area contributed by atoms with Crippen LogP contribution < -0.4 is 10.1 Å². The van der Waals surface area contributed by atoms with Crippen molar-refractivity contribution in [2.45, 2.75) is 6.54 Å². The molecule has 0 atom stereocenters. The lowest BCUT2D eigenvalue weighted by atomic mass is 9.91. The van der Waals surface area contributed by atoms with E-state index in [-0.39, 0.29) is 18.1 Å². The minimum absolute atomic E-state index is 0.0895. The summed E-state index contributed by atoms with van der Waals surface area (Å²) in [6.07, 6.45) is 1.58. The Balaban J connectivity index is 1.78. The van der Waals surface area contributed by atoms with Crippen LogP contribution in [0.2, 0.25) is 0 Å². The molecule has 166 valence electrons. The van der Waals surface area contributed by atoms with Gasteiger partial charge in [-0.15, -0.1) is 0 Å². The van der Waals surface area contributed by atoms with E-state index in [9.17, 15) is 19.7 Å². The van der Waals surface area contributed by atoms with Crippen molar-refractivity contribution in [3.63, 3.8) is 0 Å². The van der Waals surface area contributed by atoms with Crippen LogP contribution >= 0.6 is 0 Å². The number of nitrogens with one attached hydrogen (secondary N) is 1. The average Bonchev–Trinajstić information content (AvgIpc) is 2.84. The van der Waals surface area contributed by atoms with Crippen molar-refractivity contribution in [2.75, 3.05) is 19.5 Å². The van der Waals surface area contributed by atoms with Gasteiger partial charge in [-0.25, -0.2) is 0 Å². The lowest BCUT2D eigenvalue weighted by molar-refractivity contribution is -0.384. The van der Waals surface area contributed by atoms with E-state index in [4.69, 9.17) is 4.74 Å². The molecule has 0 fully saturated rings. The van der Waals surface area contributed by atoms with Crippen LogP contribution in [-0.2, 0) is 11.3 Å². The number of anilines is 1. The molecular weight excluding hydrogens is 422 g/mol. The summed E-state index contributed by atoms with van der Waals surface area (Å²) >= 11 is 0. The highest BCUT2D eigenvalue weighted by atomic mass is 16.6. The Bertz CT molecular complexity index is 1280. The Labute approximate surface area is 190 Å². The van der Waals surface area contributed by atoms with Crippen molar-refractivity contribution < 1.29 is 19.2 Å². The fourth-order valence-corrected chi connectivity index (χ4v) is 3.77. The first-order valence-corrected chi connectivity index (χ1v) is 10.2. The van der Waals surface area contributed by atoms with Crippen molar-refractivity contribution in [2.24, 2.45) is 0 Å². The monoisotopic (exact) mass is 443 g/mol. The Morgan fingerprint density at radius 2 is 1.70 bits per heavy atom. The van der Waals surface area contributed by atoms with Crippen LogP contribution in [-0.4, -0.2) is 35.8 Å². The van der Waals surface area contributed by atoms with E-state index in [1.54, 1.807) is 80.9 Å². The van der Waals surface area contributed by atoms with Gasteiger partial charge in [0.15, 0.2) is 0 Å². The molecule has 0 saturated carbocycles. The first kappa shape index (κ1) is 21.8. The molecule has 0 bridgehead atoms. The van der Waals surface area contributed by atoms with Crippen molar-refractivity contribution in [1.29, 1.82) is 0 Å². The van der Waals surface area contributed by atoms with Crippen LogP contribution in [0, 0.1) is 10.1 Å². The topological polar surface area (TPSA) is 102 Å². The molecule has 0 aromatic heterocycles. The van der Waals surface area contributed by atoms with Crippen LogP contribution in [0.1, 0.15) is 27.0 Å². The quantitative estimate of drug-likeness (QED) is 0.263. The number of fused-ring (bicyclic) bond motifs is 1. The molecule has 0 aliphatic carbocycles. The maximum Gasteiger partial charge on any atom is 0.292 e. The molecule has 33 heavy (non-hydrogen) atoms. The molecule has 0 unspecified atom stereocenters. The van der Waals surface area contributed by atoms with Gasteiger partial charge in [-0.3, -0.25) is 24.6 Å². The minimum atomic E-state index is -0.482. The predicted molar refractivity (Wildman–Crippen MR) is 125 cm³/mol. The summed E-state index contributed by atoms with van der Waals surface area (Å²) in [6, 6.07) is 18.7. The number of benzene rings is 3. The standard InChI is InChI=1S/C25H21N3O5/c1-26-22-12-9-17(14-23(22)28(31)32)13-21-19-5-3-4-6-20(19)24(29)27(25(21)30)15-16-7-10-18(33-2)11-8-16/h3-14,26H,15H2,1-2H3/b21-13+. The summed E-state index contributed by atoms with van der Waals surface area (Å²) in [6.45, 7) is 0.0895. The number of nitro groups is 1. The van der Waals surface area contributed by atoms with Crippen molar-refractivity contribution >= 4 is 34.8 Å². The number of methoxy groups -OCH3 is 1. The third-order valence-corrected chi connectivity index (χ3v) is 5.47. The number of imide groups is 1. The lowest BCUT2D eigenvalue weighted by Crippen LogP contribution is -2.41. The fraction of sp³-hybridized carbons (Fsp3) is 0.120. The average molecular weight is 443 g/mol. The van der Waals surface area contributed by atoms with Crippen LogP contribution in [0.4, 0.5) is 11.4 Å². The number of hydrogen-bond donors (Lipinski definition) is 1. The van der Waals surface area contributed by atoms with Gasteiger partial charge in [-0.1, -0.05) is 36.4 Å². The normalized spacial score (nSPS) is 14.2.